The molecule has 2 aromatic carbocycles. The number of benzene rings is 2. The highest BCUT2D eigenvalue weighted by Crippen LogP contribution is 2.13. The van der Waals surface area contributed by atoms with Gasteiger partial charge in [0.1, 0.15) is 6.04 Å². The molecule has 2 rings (SSSR count). The number of non-ortho nitro benzene ring substituents is 1. The number of nitrogens with zero attached hydrogens (tertiary/aromatic N) is 1. The van der Waals surface area contributed by atoms with Gasteiger partial charge in [0, 0.05) is 24.1 Å². The van der Waals surface area contributed by atoms with Crippen molar-refractivity contribution in [2.24, 2.45) is 0 Å². The van der Waals surface area contributed by atoms with E-state index in [1.165, 1.54) is 24.3 Å². The van der Waals surface area contributed by atoms with Crippen molar-refractivity contribution in [1.82, 2.24) is 5.32 Å². The molecule has 0 aliphatic rings. The Morgan fingerprint density at radius 2 is 1.69 bits per heavy atom. The quantitative estimate of drug-likeness (QED) is 0.467. The molecular weight excluding hydrogens is 336 g/mol. The SMILES string of the molecule is CC(C)OC(=O)[C@H](Cc1ccccc1)NC(=O)c1ccc([N+](=O)[O-])cc1. The van der Waals surface area contributed by atoms with Gasteiger partial charge in [-0.05, 0) is 31.5 Å². The van der Waals surface area contributed by atoms with Crippen LogP contribution in [0.2, 0.25) is 0 Å². The van der Waals surface area contributed by atoms with Gasteiger partial charge in [0.2, 0.25) is 0 Å². The first-order chi connectivity index (χ1) is 12.4. The van der Waals surface area contributed by atoms with Crippen LogP contribution in [-0.4, -0.2) is 28.9 Å². The maximum atomic E-state index is 12.4. The third-order valence-corrected chi connectivity index (χ3v) is 3.56. The molecule has 0 fully saturated rings. The minimum atomic E-state index is -0.859. The lowest BCUT2D eigenvalue weighted by Gasteiger charge is -2.19. The fourth-order valence-electron chi connectivity index (χ4n) is 2.33. The van der Waals surface area contributed by atoms with Crippen LogP contribution in [0.1, 0.15) is 29.8 Å². The summed E-state index contributed by atoms with van der Waals surface area (Å²) in [5.74, 6) is -1.03. The number of esters is 1. The average molecular weight is 356 g/mol. The van der Waals surface area contributed by atoms with Crippen LogP contribution in [0.25, 0.3) is 0 Å². The van der Waals surface area contributed by atoms with Gasteiger partial charge in [-0.15, -0.1) is 0 Å². The van der Waals surface area contributed by atoms with Crippen LogP contribution in [0.15, 0.2) is 54.6 Å². The summed E-state index contributed by atoms with van der Waals surface area (Å²) in [7, 11) is 0. The van der Waals surface area contributed by atoms with Gasteiger partial charge >= 0.3 is 5.97 Å². The maximum Gasteiger partial charge on any atom is 0.329 e. The number of nitro benzene ring substituents is 1. The first-order valence-electron chi connectivity index (χ1n) is 8.16. The molecule has 7 heteroatoms. The smallest absolute Gasteiger partial charge is 0.329 e. The summed E-state index contributed by atoms with van der Waals surface area (Å²) in [5.41, 5.74) is 0.995. The van der Waals surface area contributed by atoms with Crippen molar-refractivity contribution < 1.29 is 19.2 Å². The Labute approximate surface area is 151 Å². The van der Waals surface area contributed by atoms with Crippen LogP contribution in [-0.2, 0) is 16.0 Å². The van der Waals surface area contributed by atoms with E-state index in [9.17, 15) is 19.7 Å². The minimum Gasteiger partial charge on any atom is -0.461 e. The van der Waals surface area contributed by atoms with E-state index in [4.69, 9.17) is 4.74 Å². The molecule has 7 nitrogen and oxygen atoms in total. The molecule has 0 heterocycles. The number of ether oxygens (including phenoxy) is 1. The predicted molar refractivity (Wildman–Crippen MR) is 95.7 cm³/mol. The number of hydrogen-bond acceptors (Lipinski definition) is 5. The average Bonchev–Trinajstić information content (AvgIpc) is 2.61. The molecule has 136 valence electrons. The number of nitro groups is 1. The maximum absolute atomic E-state index is 12.4. The zero-order valence-corrected chi connectivity index (χ0v) is 14.5. The number of carbonyl (C=O) groups is 2. The van der Waals surface area contributed by atoms with Crippen LogP contribution in [0.3, 0.4) is 0 Å². The largest absolute Gasteiger partial charge is 0.461 e. The molecule has 0 aliphatic heterocycles. The molecule has 1 atom stereocenters. The van der Waals surface area contributed by atoms with Crippen LogP contribution in [0.4, 0.5) is 5.69 Å². The Morgan fingerprint density at radius 3 is 2.23 bits per heavy atom. The summed E-state index contributed by atoms with van der Waals surface area (Å²) in [6, 6.07) is 13.6. The molecule has 0 aromatic heterocycles. The lowest BCUT2D eigenvalue weighted by atomic mass is 10.1. The van der Waals surface area contributed by atoms with E-state index in [2.05, 4.69) is 5.32 Å². The number of rotatable bonds is 7. The van der Waals surface area contributed by atoms with E-state index in [-0.39, 0.29) is 23.8 Å². The van der Waals surface area contributed by atoms with Crippen LogP contribution in [0, 0.1) is 10.1 Å². The summed E-state index contributed by atoms with van der Waals surface area (Å²) >= 11 is 0. The summed E-state index contributed by atoms with van der Waals surface area (Å²) in [4.78, 5) is 34.9. The van der Waals surface area contributed by atoms with E-state index in [0.717, 1.165) is 5.56 Å². The Balaban J connectivity index is 2.15. The third-order valence-electron chi connectivity index (χ3n) is 3.56. The van der Waals surface area contributed by atoms with Gasteiger partial charge in [0.25, 0.3) is 11.6 Å². The van der Waals surface area contributed by atoms with Gasteiger partial charge < -0.3 is 10.1 Å². The molecule has 26 heavy (non-hydrogen) atoms. The van der Waals surface area contributed by atoms with Crippen molar-refractivity contribution in [3.8, 4) is 0 Å². The van der Waals surface area contributed by atoms with E-state index < -0.39 is 22.8 Å². The molecule has 0 bridgehead atoms. The fraction of sp³-hybridized carbons (Fsp3) is 0.263. The monoisotopic (exact) mass is 356 g/mol. The predicted octanol–water partition coefficient (Wildman–Crippen LogP) is 2.89. The van der Waals surface area contributed by atoms with Gasteiger partial charge in [-0.2, -0.15) is 0 Å². The third kappa shape index (κ3) is 5.41. The molecule has 0 aliphatic carbocycles. The zero-order valence-electron chi connectivity index (χ0n) is 14.5. The summed E-state index contributed by atoms with van der Waals surface area (Å²) in [6.07, 6.45) is -0.0254. The second kappa shape index (κ2) is 8.75. The summed E-state index contributed by atoms with van der Waals surface area (Å²) in [6.45, 7) is 3.46. The highest BCUT2D eigenvalue weighted by Gasteiger charge is 2.24. The summed E-state index contributed by atoms with van der Waals surface area (Å²) < 4.78 is 5.23. The molecule has 0 saturated heterocycles. The van der Waals surface area contributed by atoms with Crippen LogP contribution < -0.4 is 5.32 Å². The number of carbonyl (C=O) groups excluding carboxylic acids is 2. The minimum absolute atomic E-state index is 0.110. The Bertz CT molecular complexity index is 772. The van der Waals surface area contributed by atoms with Gasteiger partial charge in [0.05, 0.1) is 11.0 Å². The van der Waals surface area contributed by atoms with Gasteiger partial charge in [-0.1, -0.05) is 30.3 Å². The summed E-state index contributed by atoms with van der Waals surface area (Å²) in [5, 5.41) is 13.4. The zero-order chi connectivity index (χ0) is 19.1. The number of amides is 1. The van der Waals surface area contributed by atoms with Crippen molar-refractivity contribution >= 4 is 17.6 Å². The lowest BCUT2D eigenvalue weighted by Crippen LogP contribution is -2.44. The lowest BCUT2D eigenvalue weighted by molar-refractivity contribution is -0.384. The van der Waals surface area contributed by atoms with E-state index in [1.807, 2.05) is 30.3 Å². The van der Waals surface area contributed by atoms with Crippen molar-refractivity contribution in [3.05, 3.63) is 75.8 Å². The highest BCUT2D eigenvalue weighted by molar-refractivity contribution is 5.97. The normalized spacial score (nSPS) is 11.7. The van der Waals surface area contributed by atoms with Crippen LogP contribution >= 0.6 is 0 Å². The molecule has 0 spiro atoms. The van der Waals surface area contributed by atoms with E-state index in [0.29, 0.717) is 0 Å². The van der Waals surface area contributed by atoms with Crippen molar-refractivity contribution in [2.45, 2.75) is 32.4 Å². The highest BCUT2D eigenvalue weighted by atomic mass is 16.6. The fourth-order valence-corrected chi connectivity index (χ4v) is 2.33. The Morgan fingerprint density at radius 1 is 1.08 bits per heavy atom. The first-order valence-corrected chi connectivity index (χ1v) is 8.16. The topological polar surface area (TPSA) is 98.5 Å². The Hall–Kier alpha value is -3.22. The second-order valence-electron chi connectivity index (χ2n) is 6.01. The van der Waals surface area contributed by atoms with Gasteiger partial charge in [-0.25, -0.2) is 4.79 Å². The molecule has 1 amide bonds. The van der Waals surface area contributed by atoms with Crippen molar-refractivity contribution in [2.75, 3.05) is 0 Å². The number of nitrogens with one attached hydrogen (secondary N) is 1. The molecular formula is C19H20N2O5. The van der Waals surface area contributed by atoms with Gasteiger partial charge in [-0.3, -0.25) is 14.9 Å². The molecule has 0 saturated carbocycles. The van der Waals surface area contributed by atoms with Gasteiger partial charge in [0.15, 0.2) is 0 Å². The molecule has 0 radical (unpaired) electrons. The Kier molecular flexibility index (Phi) is 6.43. The standard InChI is InChI=1S/C19H20N2O5/c1-13(2)26-19(23)17(12-14-6-4-3-5-7-14)20-18(22)15-8-10-16(11-9-15)21(24)25/h3-11,13,17H,12H2,1-2H3,(H,20,22)/t17-/m0/s1. The molecule has 1 N–H and O–H groups in total. The molecule has 0 unspecified atom stereocenters. The van der Waals surface area contributed by atoms with E-state index >= 15 is 0 Å². The first kappa shape index (κ1) is 19.1. The number of hydrogen-bond donors (Lipinski definition) is 1. The van der Waals surface area contributed by atoms with Crippen molar-refractivity contribution in [3.63, 3.8) is 0 Å². The molecule has 2 aromatic rings. The van der Waals surface area contributed by atoms with E-state index in [1.54, 1.807) is 13.8 Å². The van der Waals surface area contributed by atoms with Crippen molar-refractivity contribution in [1.29, 1.82) is 0 Å². The second-order valence-corrected chi connectivity index (χ2v) is 6.01. The van der Waals surface area contributed by atoms with Crippen LogP contribution in [0.5, 0.6) is 0 Å².